The second-order valence-electron chi connectivity index (χ2n) is 4.79. The van der Waals surface area contributed by atoms with E-state index in [0.29, 0.717) is 6.54 Å². The van der Waals surface area contributed by atoms with Crippen LogP contribution in [0.15, 0.2) is 15.9 Å². The molecule has 0 saturated carbocycles. The fourth-order valence-corrected chi connectivity index (χ4v) is 2.92. The van der Waals surface area contributed by atoms with E-state index in [1.807, 2.05) is 32.9 Å². The molecule has 3 N–H and O–H groups in total. The average molecular weight is 305 g/mol. The van der Waals surface area contributed by atoms with Gasteiger partial charge in [0.25, 0.3) is 0 Å². The molecule has 1 amide bonds. The van der Waals surface area contributed by atoms with Crippen LogP contribution < -0.4 is 11.1 Å². The molecular weight excluding hydrogens is 288 g/mol. The van der Waals surface area contributed by atoms with E-state index in [2.05, 4.69) is 21.2 Å². The highest BCUT2D eigenvalue weighted by Gasteiger charge is 2.28. The monoisotopic (exact) mass is 304 g/mol. The van der Waals surface area contributed by atoms with Gasteiger partial charge in [0.1, 0.15) is 0 Å². The van der Waals surface area contributed by atoms with Crippen LogP contribution in [0.3, 0.4) is 0 Å². The zero-order chi connectivity index (χ0) is 12.3. The van der Waals surface area contributed by atoms with Crippen LogP contribution in [0.2, 0.25) is 0 Å². The maximum atomic E-state index is 11.3. The van der Waals surface area contributed by atoms with Crippen molar-refractivity contribution < 1.29 is 4.79 Å². The Morgan fingerprint density at radius 2 is 2.19 bits per heavy atom. The second-order valence-corrected chi connectivity index (χ2v) is 7.34. The highest BCUT2D eigenvalue weighted by atomic mass is 79.9. The third kappa shape index (κ3) is 3.88. The van der Waals surface area contributed by atoms with E-state index in [1.165, 1.54) is 4.88 Å². The Morgan fingerprint density at radius 3 is 2.56 bits per heavy atom. The van der Waals surface area contributed by atoms with E-state index in [4.69, 9.17) is 5.73 Å². The van der Waals surface area contributed by atoms with Gasteiger partial charge in [0.2, 0.25) is 5.91 Å². The lowest BCUT2D eigenvalue weighted by atomic mass is 9.86. The first-order valence-electron chi connectivity index (χ1n) is 5.07. The summed E-state index contributed by atoms with van der Waals surface area (Å²) in [6.07, 6.45) is 0. The lowest BCUT2D eigenvalue weighted by Crippen LogP contribution is -2.49. The first-order valence-corrected chi connectivity index (χ1v) is 6.68. The van der Waals surface area contributed by atoms with Gasteiger partial charge in [0.05, 0.1) is 9.83 Å². The molecule has 0 aliphatic heterocycles. The summed E-state index contributed by atoms with van der Waals surface area (Å²) in [4.78, 5) is 12.5. The largest absolute Gasteiger partial charge is 0.368 e. The summed E-state index contributed by atoms with van der Waals surface area (Å²) >= 11 is 5.06. The lowest BCUT2D eigenvalue weighted by Gasteiger charge is -2.28. The molecule has 0 spiro atoms. The van der Waals surface area contributed by atoms with Crippen molar-refractivity contribution in [1.29, 1.82) is 0 Å². The summed E-state index contributed by atoms with van der Waals surface area (Å²) in [6.45, 7) is 6.67. The van der Waals surface area contributed by atoms with Crippen molar-refractivity contribution in [1.82, 2.24) is 5.32 Å². The Bertz CT molecular complexity index is 370. The SMILES string of the molecule is CC(C)(C)C(NCc1ccc(Br)s1)C(N)=O. The minimum absolute atomic E-state index is 0.166. The van der Waals surface area contributed by atoms with Crippen LogP contribution in [0.1, 0.15) is 25.6 Å². The predicted octanol–water partition coefficient (Wildman–Crippen LogP) is 2.50. The van der Waals surface area contributed by atoms with Crippen LogP contribution in [0.4, 0.5) is 0 Å². The quantitative estimate of drug-likeness (QED) is 0.898. The normalized spacial score (nSPS) is 13.8. The molecule has 0 saturated heterocycles. The highest BCUT2D eigenvalue weighted by molar-refractivity contribution is 9.11. The van der Waals surface area contributed by atoms with Crippen LogP contribution in [-0.4, -0.2) is 11.9 Å². The molecule has 1 aromatic rings. The van der Waals surface area contributed by atoms with Crippen LogP contribution >= 0.6 is 27.3 Å². The number of amides is 1. The molecule has 0 bridgehead atoms. The standard InChI is InChI=1S/C11H17BrN2OS/c1-11(2,3)9(10(13)15)14-6-7-4-5-8(12)16-7/h4-5,9,14H,6H2,1-3H3,(H2,13,15). The topological polar surface area (TPSA) is 55.1 Å². The molecule has 1 heterocycles. The van der Waals surface area contributed by atoms with Crippen molar-refractivity contribution in [3.05, 3.63) is 20.8 Å². The minimum atomic E-state index is -0.312. The fourth-order valence-electron chi connectivity index (χ4n) is 1.48. The van der Waals surface area contributed by atoms with Crippen molar-refractivity contribution in [2.45, 2.75) is 33.4 Å². The van der Waals surface area contributed by atoms with E-state index in [0.717, 1.165) is 3.79 Å². The molecule has 90 valence electrons. The molecule has 1 atom stereocenters. The number of primary amides is 1. The molecule has 1 aromatic heterocycles. The number of carbonyl (C=O) groups is 1. The van der Waals surface area contributed by atoms with Gasteiger partial charge >= 0.3 is 0 Å². The highest BCUT2D eigenvalue weighted by Crippen LogP contribution is 2.23. The van der Waals surface area contributed by atoms with Crippen molar-refractivity contribution in [2.24, 2.45) is 11.1 Å². The van der Waals surface area contributed by atoms with Gasteiger partial charge in [0.15, 0.2) is 0 Å². The Balaban J connectivity index is 2.61. The Kier molecular flexibility index (Phi) is 4.52. The van der Waals surface area contributed by atoms with E-state index >= 15 is 0 Å². The van der Waals surface area contributed by atoms with Gasteiger partial charge < -0.3 is 11.1 Å². The van der Waals surface area contributed by atoms with Gasteiger partial charge in [-0.25, -0.2) is 0 Å². The first-order chi connectivity index (χ1) is 7.30. The molecule has 0 aliphatic rings. The smallest absolute Gasteiger partial charge is 0.235 e. The zero-order valence-corrected chi connectivity index (χ0v) is 12.1. The first kappa shape index (κ1) is 13.7. The van der Waals surface area contributed by atoms with E-state index in [-0.39, 0.29) is 17.4 Å². The van der Waals surface area contributed by atoms with Crippen molar-refractivity contribution in [3.8, 4) is 0 Å². The van der Waals surface area contributed by atoms with Crippen LogP contribution in [0.25, 0.3) is 0 Å². The molecule has 0 aliphatic carbocycles. The third-order valence-corrected chi connectivity index (χ3v) is 3.88. The molecule has 1 rings (SSSR count). The van der Waals surface area contributed by atoms with Gasteiger partial charge in [0, 0.05) is 11.4 Å². The molecule has 16 heavy (non-hydrogen) atoms. The summed E-state index contributed by atoms with van der Waals surface area (Å²) in [7, 11) is 0. The number of thiophene rings is 1. The average Bonchev–Trinajstić information content (AvgIpc) is 2.48. The van der Waals surface area contributed by atoms with Gasteiger partial charge in [-0.2, -0.15) is 0 Å². The van der Waals surface area contributed by atoms with E-state index in [1.54, 1.807) is 11.3 Å². The molecular formula is C11H17BrN2OS. The van der Waals surface area contributed by atoms with E-state index < -0.39 is 0 Å². The summed E-state index contributed by atoms with van der Waals surface area (Å²) < 4.78 is 1.09. The number of nitrogens with two attached hydrogens (primary N) is 1. The summed E-state index contributed by atoms with van der Waals surface area (Å²) in [5, 5.41) is 3.20. The van der Waals surface area contributed by atoms with Gasteiger partial charge in [-0.05, 0) is 33.5 Å². The predicted molar refractivity (Wildman–Crippen MR) is 71.3 cm³/mol. The summed E-state index contributed by atoms with van der Waals surface area (Å²) in [6, 6.07) is 3.72. The third-order valence-electron chi connectivity index (χ3n) is 2.26. The fraction of sp³-hybridized carbons (Fsp3) is 0.545. The van der Waals surface area contributed by atoms with Gasteiger partial charge in [-0.1, -0.05) is 20.8 Å². The number of rotatable bonds is 4. The van der Waals surface area contributed by atoms with Crippen molar-refractivity contribution in [3.63, 3.8) is 0 Å². The molecule has 0 aromatic carbocycles. The molecule has 0 radical (unpaired) electrons. The van der Waals surface area contributed by atoms with Crippen molar-refractivity contribution in [2.75, 3.05) is 0 Å². The molecule has 0 fully saturated rings. The van der Waals surface area contributed by atoms with Crippen LogP contribution in [0.5, 0.6) is 0 Å². The van der Waals surface area contributed by atoms with Gasteiger partial charge in [-0.3, -0.25) is 4.79 Å². The second kappa shape index (κ2) is 5.29. The van der Waals surface area contributed by atoms with Crippen LogP contribution in [0, 0.1) is 5.41 Å². The lowest BCUT2D eigenvalue weighted by molar-refractivity contribution is -0.122. The van der Waals surface area contributed by atoms with Crippen LogP contribution in [-0.2, 0) is 11.3 Å². The molecule has 5 heteroatoms. The Morgan fingerprint density at radius 1 is 1.56 bits per heavy atom. The van der Waals surface area contributed by atoms with Gasteiger partial charge in [-0.15, -0.1) is 11.3 Å². The Hall–Kier alpha value is -0.390. The molecule has 1 unspecified atom stereocenters. The Labute approximate surface area is 109 Å². The maximum absolute atomic E-state index is 11.3. The minimum Gasteiger partial charge on any atom is -0.368 e. The zero-order valence-electron chi connectivity index (χ0n) is 9.71. The summed E-state index contributed by atoms with van der Waals surface area (Å²) in [5.74, 6) is -0.303. The maximum Gasteiger partial charge on any atom is 0.235 e. The van der Waals surface area contributed by atoms with Crippen molar-refractivity contribution >= 4 is 33.2 Å². The number of carbonyl (C=O) groups excluding carboxylic acids is 1. The number of halogens is 1. The van der Waals surface area contributed by atoms with E-state index in [9.17, 15) is 4.79 Å². The number of hydrogen-bond donors (Lipinski definition) is 2. The molecule has 3 nitrogen and oxygen atoms in total. The number of hydrogen-bond acceptors (Lipinski definition) is 3. The summed E-state index contributed by atoms with van der Waals surface area (Å²) in [5.41, 5.74) is 5.22. The number of nitrogens with one attached hydrogen (secondary N) is 1.